The lowest BCUT2D eigenvalue weighted by Crippen LogP contribution is -2.00. The molecule has 4 nitrogen and oxygen atoms in total. The molecule has 96 valence electrons. The van der Waals surface area contributed by atoms with Crippen LogP contribution < -0.4 is 10.5 Å². The van der Waals surface area contributed by atoms with Crippen molar-refractivity contribution >= 4 is 0 Å². The summed E-state index contributed by atoms with van der Waals surface area (Å²) in [7, 11) is 1.67. The number of aromatic nitrogens is 1. The molecule has 2 rings (SSSR count). The highest BCUT2D eigenvalue weighted by Gasteiger charge is 2.17. The highest BCUT2D eigenvalue weighted by Crippen LogP contribution is 2.33. The van der Waals surface area contributed by atoms with Crippen LogP contribution in [0, 0.1) is 20.8 Å². The molecule has 1 heterocycles. The Hall–Kier alpha value is -1.81. The molecule has 0 amide bonds. The molecule has 0 aliphatic rings. The summed E-state index contributed by atoms with van der Waals surface area (Å²) < 4.78 is 10.5. The molecular formula is C14H18N2O2. The van der Waals surface area contributed by atoms with E-state index in [1.54, 1.807) is 7.11 Å². The van der Waals surface area contributed by atoms with Gasteiger partial charge >= 0.3 is 0 Å². The van der Waals surface area contributed by atoms with Crippen molar-refractivity contribution in [3.05, 3.63) is 34.6 Å². The fourth-order valence-corrected chi connectivity index (χ4v) is 2.24. The van der Waals surface area contributed by atoms with Gasteiger partial charge in [0.2, 0.25) is 0 Å². The van der Waals surface area contributed by atoms with E-state index in [1.165, 1.54) is 0 Å². The van der Waals surface area contributed by atoms with E-state index in [9.17, 15) is 0 Å². The molecule has 1 aromatic carbocycles. The minimum atomic E-state index is 0.426. The van der Waals surface area contributed by atoms with Crippen molar-refractivity contribution in [2.24, 2.45) is 5.73 Å². The predicted molar refractivity (Wildman–Crippen MR) is 70.6 cm³/mol. The first-order valence-electron chi connectivity index (χ1n) is 5.89. The largest absolute Gasteiger partial charge is 0.497 e. The maximum atomic E-state index is 5.76. The number of nitrogens with two attached hydrogens (primary N) is 1. The first-order valence-corrected chi connectivity index (χ1v) is 5.89. The van der Waals surface area contributed by atoms with Crippen molar-refractivity contribution in [1.29, 1.82) is 0 Å². The van der Waals surface area contributed by atoms with Gasteiger partial charge in [0, 0.05) is 17.7 Å². The Morgan fingerprint density at radius 2 is 1.83 bits per heavy atom. The summed E-state index contributed by atoms with van der Waals surface area (Å²) >= 11 is 0. The van der Waals surface area contributed by atoms with Crippen LogP contribution in [0.3, 0.4) is 0 Å². The maximum Gasteiger partial charge on any atom is 0.138 e. The number of benzene rings is 1. The molecule has 0 saturated carbocycles. The van der Waals surface area contributed by atoms with Crippen molar-refractivity contribution in [3.63, 3.8) is 0 Å². The number of hydrogen-bond donors (Lipinski definition) is 1. The number of methoxy groups -OCH3 is 1. The molecule has 0 spiro atoms. The van der Waals surface area contributed by atoms with E-state index < -0.39 is 0 Å². The van der Waals surface area contributed by atoms with Crippen LogP contribution in [0.5, 0.6) is 5.75 Å². The Morgan fingerprint density at radius 1 is 1.22 bits per heavy atom. The van der Waals surface area contributed by atoms with Crippen LogP contribution in [0.2, 0.25) is 0 Å². The molecule has 2 aromatic rings. The topological polar surface area (TPSA) is 61.3 Å². The molecular weight excluding hydrogens is 228 g/mol. The minimum Gasteiger partial charge on any atom is -0.497 e. The number of ether oxygens (including phenoxy) is 1. The number of rotatable bonds is 3. The summed E-state index contributed by atoms with van der Waals surface area (Å²) in [5.41, 5.74) is 10.9. The lowest BCUT2D eigenvalue weighted by Gasteiger charge is -2.11. The van der Waals surface area contributed by atoms with Crippen LogP contribution in [0.4, 0.5) is 0 Å². The van der Waals surface area contributed by atoms with Crippen molar-refractivity contribution in [2.45, 2.75) is 27.3 Å². The number of aryl methyl sites for hydroxylation is 3. The summed E-state index contributed by atoms with van der Waals surface area (Å²) in [6.45, 7) is 6.38. The third kappa shape index (κ3) is 1.99. The Morgan fingerprint density at radius 3 is 2.33 bits per heavy atom. The normalized spacial score (nSPS) is 10.7. The molecule has 0 aliphatic heterocycles. The fraction of sp³-hybridized carbons (Fsp3) is 0.357. The van der Waals surface area contributed by atoms with E-state index in [4.69, 9.17) is 15.0 Å². The van der Waals surface area contributed by atoms with E-state index in [0.717, 1.165) is 39.5 Å². The van der Waals surface area contributed by atoms with Gasteiger partial charge in [-0.05, 0) is 44.0 Å². The molecule has 0 atom stereocenters. The molecule has 1 aromatic heterocycles. The Bertz CT molecular complexity index is 550. The molecule has 0 bridgehead atoms. The predicted octanol–water partition coefficient (Wildman–Crippen LogP) is 2.73. The van der Waals surface area contributed by atoms with Gasteiger partial charge in [-0.3, -0.25) is 0 Å². The third-order valence-corrected chi connectivity index (χ3v) is 3.17. The van der Waals surface area contributed by atoms with Gasteiger partial charge in [0.15, 0.2) is 0 Å². The van der Waals surface area contributed by atoms with Gasteiger partial charge < -0.3 is 15.0 Å². The Labute approximate surface area is 107 Å². The summed E-state index contributed by atoms with van der Waals surface area (Å²) in [4.78, 5) is 0. The summed E-state index contributed by atoms with van der Waals surface area (Å²) in [6.07, 6.45) is 0. The second kappa shape index (κ2) is 4.82. The molecule has 0 unspecified atom stereocenters. The van der Waals surface area contributed by atoms with Gasteiger partial charge in [0.1, 0.15) is 17.2 Å². The average molecular weight is 246 g/mol. The Kier molecular flexibility index (Phi) is 3.39. The Balaban J connectivity index is 2.64. The average Bonchev–Trinajstić information content (AvgIpc) is 2.69. The highest BCUT2D eigenvalue weighted by atomic mass is 16.5. The molecule has 0 saturated heterocycles. The van der Waals surface area contributed by atoms with Crippen LogP contribution in [0.15, 0.2) is 16.7 Å². The first kappa shape index (κ1) is 12.6. The molecule has 0 radical (unpaired) electrons. The highest BCUT2D eigenvalue weighted by molar-refractivity contribution is 5.71. The van der Waals surface area contributed by atoms with Gasteiger partial charge in [-0.25, -0.2) is 0 Å². The molecule has 0 aliphatic carbocycles. The van der Waals surface area contributed by atoms with E-state index in [-0.39, 0.29) is 0 Å². The van der Waals surface area contributed by atoms with Gasteiger partial charge in [-0.1, -0.05) is 5.16 Å². The van der Waals surface area contributed by atoms with Gasteiger partial charge in [0.25, 0.3) is 0 Å². The minimum absolute atomic E-state index is 0.426. The summed E-state index contributed by atoms with van der Waals surface area (Å²) in [6, 6.07) is 3.99. The van der Waals surface area contributed by atoms with Gasteiger partial charge in [-0.15, -0.1) is 0 Å². The zero-order valence-corrected chi connectivity index (χ0v) is 11.2. The van der Waals surface area contributed by atoms with Gasteiger partial charge in [-0.2, -0.15) is 0 Å². The summed E-state index contributed by atoms with van der Waals surface area (Å²) in [5, 5.41) is 4.14. The maximum absolute atomic E-state index is 5.76. The lowest BCUT2D eigenvalue weighted by molar-refractivity contribution is 0.398. The van der Waals surface area contributed by atoms with E-state index in [0.29, 0.717) is 6.54 Å². The van der Waals surface area contributed by atoms with E-state index in [2.05, 4.69) is 5.16 Å². The van der Waals surface area contributed by atoms with Crippen molar-refractivity contribution in [2.75, 3.05) is 7.11 Å². The van der Waals surface area contributed by atoms with Crippen molar-refractivity contribution < 1.29 is 9.26 Å². The van der Waals surface area contributed by atoms with Gasteiger partial charge in [0.05, 0.1) is 7.11 Å². The van der Waals surface area contributed by atoms with Crippen LogP contribution in [-0.2, 0) is 6.54 Å². The zero-order chi connectivity index (χ0) is 13.3. The standard InChI is InChI=1S/C14H18N2O2/c1-8-5-11(17-4)6-9(2)13(8)14-12(7-15)10(3)18-16-14/h5-6H,7,15H2,1-4H3. The summed E-state index contributed by atoms with van der Waals surface area (Å²) in [5.74, 6) is 1.63. The molecule has 0 fully saturated rings. The fourth-order valence-electron chi connectivity index (χ4n) is 2.24. The zero-order valence-electron chi connectivity index (χ0n) is 11.2. The van der Waals surface area contributed by atoms with Crippen molar-refractivity contribution in [1.82, 2.24) is 5.16 Å². The number of hydrogen-bond acceptors (Lipinski definition) is 4. The molecule has 4 heteroatoms. The van der Waals surface area contributed by atoms with Crippen LogP contribution in [0.1, 0.15) is 22.5 Å². The van der Waals surface area contributed by atoms with Crippen LogP contribution in [-0.4, -0.2) is 12.3 Å². The van der Waals surface area contributed by atoms with E-state index >= 15 is 0 Å². The molecule has 2 N–H and O–H groups in total. The third-order valence-electron chi connectivity index (χ3n) is 3.17. The van der Waals surface area contributed by atoms with Crippen LogP contribution in [0.25, 0.3) is 11.3 Å². The number of nitrogens with zero attached hydrogens (tertiary/aromatic N) is 1. The lowest BCUT2D eigenvalue weighted by atomic mass is 9.96. The van der Waals surface area contributed by atoms with Crippen molar-refractivity contribution in [3.8, 4) is 17.0 Å². The van der Waals surface area contributed by atoms with E-state index in [1.807, 2.05) is 32.9 Å². The monoisotopic (exact) mass is 246 g/mol. The SMILES string of the molecule is COc1cc(C)c(-c2noc(C)c2CN)c(C)c1. The van der Waals surface area contributed by atoms with Crippen LogP contribution >= 0.6 is 0 Å². The second-order valence-electron chi connectivity index (χ2n) is 4.41. The smallest absolute Gasteiger partial charge is 0.138 e. The second-order valence-corrected chi connectivity index (χ2v) is 4.41. The first-order chi connectivity index (χ1) is 8.58. The molecule has 18 heavy (non-hydrogen) atoms. The quantitative estimate of drug-likeness (QED) is 0.904.